The van der Waals surface area contributed by atoms with Crippen molar-refractivity contribution in [3.05, 3.63) is 59.4 Å². The first-order chi connectivity index (χ1) is 7.29. The number of hydrogen-bond donors (Lipinski definition) is 0. The van der Waals surface area contributed by atoms with E-state index in [1.54, 1.807) is 42.6 Å². The van der Waals surface area contributed by atoms with Crippen molar-refractivity contribution in [2.75, 3.05) is 0 Å². The fraction of sp³-hybridized carbons (Fsp3) is 0. The zero-order valence-electron chi connectivity index (χ0n) is 7.81. The molecule has 3 rings (SSSR count). The van der Waals surface area contributed by atoms with E-state index in [0.717, 1.165) is 0 Å². The zero-order chi connectivity index (χ0) is 10.4. The summed E-state index contributed by atoms with van der Waals surface area (Å²) in [5, 5.41) is 0. The maximum absolute atomic E-state index is 11.9. The molecule has 1 aliphatic rings. The number of ketones is 1. The maximum atomic E-state index is 11.9. The lowest BCUT2D eigenvalue weighted by Gasteiger charge is -2.15. The van der Waals surface area contributed by atoms with Crippen LogP contribution in [0.25, 0.3) is 0 Å². The van der Waals surface area contributed by atoms with Crippen LogP contribution >= 0.6 is 0 Å². The van der Waals surface area contributed by atoms with E-state index in [-0.39, 0.29) is 11.7 Å². The van der Waals surface area contributed by atoms with Gasteiger partial charge in [0.2, 0.25) is 5.78 Å². The number of rotatable bonds is 0. The highest BCUT2D eigenvalue weighted by atomic mass is 16.2. The van der Waals surface area contributed by atoms with Crippen LogP contribution in [0.15, 0.2) is 42.6 Å². The molecular formula is C12H7NO2. The number of fused-ring (bicyclic) bond motifs is 2. The molecule has 0 amide bonds. The fourth-order valence-electron chi connectivity index (χ4n) is 1.88. The second-order valence-corrected chi connectivity index (χ2v) is 3.44. The Balaban J connectivity index is 2.36. The predicted molar refractivity (Wildman–Crippen MR) is 54.0 cm³/mol. The van der Waals surface area contributed by atoms with Crippen molar-refractivity contribution in [2.45, 2.75) is 0 Å². The number of hydrogen-bond acceptors (Lipinski definition) is 2. The summed E-state index contributed by atoms with van der Waals surface area (Å²) in [5.41, 5.74) is 1.42. The van der Waals surface area contributed by atoms with Gasteiger partial charge in [-0.2, -0.15) is 0 Å². The van der Waals surface area contributed by atoms with Crippen molar-refractivity contribution in [2.24, 2.45) is 0 Å². The predicted octanol–water partition coefficient (Wildman–Crippen LogP) is 1.72. The smallest absolute Gasteiger partial charge is 0.263 e. The minimum absolute atomic E-state index is 0.0878. The molecule has 0 bridgehead atoms. The number of benzene rings is 1. The third-order valence-electron chi connectivity index (χ3n) is 2.60. The van der Waals surface area contributed by atoms with E-state index < -0.39 is 0 Å². The van der Waals surface area contributed by atoms with E-state index in [2.05, 4.69) is 0 Å². The first kappa shape index (κ1) is 8.17. The lowest BCUT2D eigenvalue weighted by molar-refractivity contribution is 0.0910. The third-order valence-corrected chi connectivity index (χ3v) is 2.60. The second kappa shape index (κ2) is 2.67. The van der Waals surface area contributed by atoms with Gasteiger partial charge in [-0.05, 0) is 18.2 Å². The minimum Gasteiger partial charge on any atom is -0.287 e. The van der Waals surface area contributed by atoms with Crippen LogP contribution in [0.1, 0.15) is 26.4 Å². The Morgan fingerprint density at radius 1 is 0.867 bits per heavy atom. The zero-order valence-corrected chi connectivity index (χ0v) is 7.81. The molecule has 0 saturated carbocycles. The van der Waals surface area contributed by atoms with Gasteiger partial charge in [0.05, 0.1) is 11.3 Å². The molecule has 72 valence electrons. The quantitative estimate of drug-likeness (QED) is 0.550. The van der Waals surface area contributed by atoms with Gasteiger partial charge in [-0.25, -0.2) is 0 Å². The molecule has 15 heavy (non-hydrogen) atoms. The molecule has 2 heterocycles. The van der Waals surface area contributed by atoms with Crippen LogP contribution in [0.5, 0.6) is 0 Å². The Hall–Kier alpha value is -2.16. The molecule has 0 spiro atoms. The molecule has 3 heteroatoms. The molecule has 2 aromatic rings. The van der Waals surface area contributed by atoms with E-state index in [9.17, 15) is 9.59 Å². The van der Waals surface area contributed by atoms with Gasteiger partial charge in [0.15, 0.2) is 0 Å². The van der Waals surface area contributed by atoms with Gasteiger partial charge in [-0.15, -0.1) is 0 Å². The van der Waals surface area contributed by atoms with Crippen LogP contribution in [-0.4, -0.2) is 16.3 Å². The molecule has 0 aliphatic carbocycles. The summed E-state index contributed by atoms with van der Waals surface area (Å²) in [4.78, 5) is 23.9. The van der Waals surface area contributed by atoms with E-state index in [1.165, 1.54) is 4.57 Å². The number of aromatic nitrogens is 1. The summed E-state index contributed by atoms with van der Waals surface area (Å²) in [7, 11) is 0. The average Bonchev–Trinajstić information content (AvgIpc) is 2.75. The average molecular weight is 197 g/mol. The first-order valence-electron chi connectivity index (χ1n) is 4.65. The van der Waals surface area contributed by atoms with Crippen molar-refractivity contribution in [1.82, 2.24) is 4.57 Å². The highest BCUT2D eigenvalue weighted by Gasteiger charge is 2.27. The third kappa shape index (κ3) is 0.944. The summed E-state index contributed by atoms with van der Waals surface area (Å²) in [6.07, 6.45) is 1.62. The summed E-state index contributed by atoms with van der Waals surface area (Å²) >= 11 is 0. The van der Waals surface area contributed by atoms with Crippen LogP contribution in [0, 0.1) is 0 Å². The molecular weight excluding hydrogens is 190 g/mol. The molecule has 0 saturated heterocycles. The van der Waals surface area contributed by atoms with Gasteiger partial charge < -0.3 is 0 Å². The number of carbonyl (C=O) groups is 2. The number of carbonyl (C=O) groups excluding carboxylic acids is 2. The van der Waals surface area contributed by atoms with Gasteiger partial charge in [-0.3, -0.25) is 14.2 Å². The van der Waals surface area contributed by atoms with Gasteiger partial charge in [-0.1, -0.05) is 18.2 Å². The molecule has 0 unspecified atom stereocenters. The van der Waals surface area contributed by atoms with Crippen molar-refractivity contribution in [3.63, 3.8) is 0 Å². The maximum Gasteiger partial charge on any atom is 0.263 e. The first-order valence-corrected chi connectivity index (χ1v) is 4.65. The summed E-state index contributed by atoms with van der Waals surface area (Å²) in [5.74, 6) is -0.222. The topological polar surface area (TPSA) is 39.1 Å². The van der Waals surface area contributed by atoms with E-state index in [1.807, 2.05) is 0 Å². The van der Waals surface area contributed by atoms with E-state index in [0.29, 0.717) is 16.8 Å². The van der Waals surface area contributed by atoms with Crippen LogP contribution in [-0.2, 0) is 0 Å². The molecule has 1 aliphatic heterocycles. The Kier molecular flexibility index (Phi) is 1.45. The summed E-state index contributed by atoms with van der Waals surface area (Å²) < 4.78 is 1.39. The van der Waals surface area contributed by atoms with Crippen LogP contribution in [0.4, 0.5) is 0 Å². The normalized spacial score (nSPS) is 13.6. The lowest BCUT2D eigenvalue weighted by atomic mass is 9.98. The van der Waals surface area contributed by atoms with Crippen LogP contribution in [0.2, 0.25) is 0 Å². The molecule has 1 aromatic carbocycles. The molecule has 0 N–H and O–H groups in total. The Bertz CT molecular complexity index is 531. The Morgan fingerprint density at radius 2 is 1.60 bits per heavy atom. The van der Waals surface area contributed by atoms with Crippen LogP contribution in [0.3, 0.4) is 0 Å². The van der Waals surface area contributed by atoms with Crippen molar-refractivity contribution in [1.29, 1.82) is 0 Å². The largest absolute Gasteiger partial charge is 0.287 e. The van der Waals surface area contributed by atoms with Crippen LogP contribution < -0.4 is 0 Å². The van der Waals surface area contributed by atoms with Crippen molar-refractivity contribution in [3.8, 4) is 0 Å². The van der Waals surface area contributed by atoms with E-state index in [4.69, 9.17) is 0 Å². The monoisotopic (exact) mass is 197 g/mol. The van der Waals surface area contributed by atoms with Gasteiger partial charge in [0.1, 0.15) is 0 Å². The standard InChI is InChI=1S/C12H7NO2/c14-11-8-4-1-2-5-9(8)12(15)13-7-3-6-10(11)13/h1-7H. The second-order valence-electron chi connectivity index (χ2n) is 3.44. The SMILES string of the molecule is O=C1c2ccccc2C(=O)n2cccc21. The Labute approximate surface area is 86.0 Å². The highest BCUT2D eigenvalue weighted by Crippen LogP contribution is 2.22. The van der Waals surface area contributed by atoms with Gasteiger partial charge in [0.25, 0.3) is 5.91 Å². The lowest BCUT2D eigenvalue weighted by Crippen LogP contribution is -2.25. The molecule has 0 radical (unpaired) electrons. The fourth-order valence-corrected chi connectivity index (χ4v) is 1.88. The van der Waals surface area contributed by atoms with Gasteiger partial charge in [0, 0.05) is 11.8 Å². The molecule has 0 atom stereocenters. The Morgan fingerprint density at radius 3 is 2.40 bits per heavy atom. The molecule has 1 aromatic heterocycles. The van der Waals surface area contributed by atoms with Gasteiger partial charge >= 0.3 is 0 Å². The van der Waals surface area contributed by atoms with Crippen molar-refractivity contribution >= 4 is 11.7 Å². The summed E-state index contributed by atoms with van der Waals surface area (Å²) in [6, 6.07) is 10.3. The number of nitrogens with zero attached hydrogens (tertiary/aromatic N) is 1. The molecule has 0 fully saturated rings. The summed E-state index contributed by atoms with van der Waals surface area (Å²) in [6.45, 7) is 0. The minimum atomic E-state index is -0.134. The van der Waals surface area contributed by atoms with E-state index >= 15 is 0 Å². The van der Waals surface area contributed by atoms with Crippen molar-refractivity contribution < 1.29 is 9.59 Å². The molecule has 3 nitrogen and oxygen atoms in total. The highest BCUT2D eigenvalue weighted by molar-refractivity contribution is 6.20.